The molecule has 5 heteroatoms. The van der Waals surface area contributed by atoms with E-state index in [1.54, 1.807) is 25.3 Å². The Labute approximate surface area is 119 Å². The van der Waals surface area contributed by atoms with E-state index in [1.165, 1.54) is 7.11 Å². The highest BCUT2D eigenvalue weighted by Gasteiger charge is 2.12. The second-order valence-corrected chi connectivity index (χ2v) is 4.33. The molecule has 0 aliphatic rings. The van der Waals surface area contributed by atoms with E-state index < -0.39 is 0 Å². The second kappa shape index (κ2) is 8.22. The maximum atomic E-state index is 12.1. The lowest BCUT2D eigenvalue weighted by atomic mass is 10.1. The molecular formula is C15H21NO4. The van der Waals surface area contributed by atoms with Crippen LogP contribution >= 0.6 is 0 Å². The summed E-state index contributed by atoms with van der Waals surface area (Å²) in [6.45, 7) is 6.98. The highest BCUT2D eigenvalue weighted by Crippen LogP contribution is 2.23. The van der Waals surface area contributed by atoms with Gasteiger partial charge in [0.05, 0.1) is 33.0 Å². The molecule has 0 heterocycles. The minimum Gasteiger partial charge on any atom is -0.497 e. The normalized spacial score (nSPS) is 9.95. The zero-order chi connectivity index (χ0) is 15.0. The summed E-state index contributed by atoms with van der Waals surface area (Å²) >= 11 is 0. The molecule has 110 valence electrons. The average Bonchev–Trinajstić information content (AvgIpc) is 2.45. The van der Waals surface area contributed by atoms with Crippen LogP contribution in [0.15, 0.2) is 30.4 Å². The molecule has 0 saturated heterocycles. The molecule has 1 amide bonds. The lowest BCUT2D eigenvalue weighted by Gasteiger charge is -2.11. The molecule has 0 fully saturated rings. The smallest absolute Gasteiger partial charge is 0.255 e. The largest absolute Gasteiger partial charge is 0.497 e. The summed E-state index contributed by atoms with van der Waals surface area (Å²) in [6.07, 6.45) is 0. The van der Waals surface area contributed by atoms with Crippen molar-refractivity contribution >= 4 is 5.91 Å². The van der Waals surface area contributed by atoms with E-state index in [2.05, 4.69) is 11.9 Å². The number of nitrogens with one attached hydrogen (secondary N) is 1. The van der Waals surface area contributed by atoms with Gasteiger partial charge in [-0.2, -0.15) is 0 Å². The Morgan fingerprint density at radius 1 is 1.30 bits per heavy atom. The van der Waals surface area contributed by atoms with Crippen LogP contribution in [-0.4, -0.2) is 39.9 Å². The molecule has 0 radical (unpaired) electrons. The average molecular weight is 279 g/mol. The Hall–Kier alpha value is -2.01. The first-order valence-electron chi connectivity index (χ1n) is 6.30. The van der Waals surface area contributed by atoms with E-state index in [-0.39, 0.29) is 5.91 Å². The van der Waals surface area contributed by atoms with Gasteiger partial charge in [-0.25, -0.2) is 0 Å². The fourth-order valence-electron chi connectivity index (χ4n) is 1.57. The number of hydrogen-bond donors (Lipinski definition) is 1. The zero-order valence-electron chi connectivity index (χ0n) is 12.2. The number of hydrogen-bond acceptors (Lipinski definition) is 4. The summed E-state index contributed by atoms with van der Waals surface area (Å²) in [4.78, 5) is 12.1. The molecule has 0 bridgehead atoms. The highest BCUT2D eigenvalue weighted by molar-refractivity contribution is 5.97. The van der Waals surface area contributed by atoms with E-state index in [1.807, 2.05) is 6.92 Å². The third-order valence-corrected chi connectivity index (χ3v) is 2.53. The fourth-order valence-corrected chi connectivity index (χ4v) is 1.57. The molecule has 1 rings (SSSR count). The molecule has 5 nitrogen and oxygen atoms in total. The van der Waals surface area contributed by atoms with Crippen LogP contribution < -0.4 is 14.8 Å². The molecule has 1 aromatic carbocycles. The predicted octanol–water partition coefficient (Wildman–Crippen LogP) is 2.03. The summed E-state index contributed by atoms with van der Waals surface area (Å²) in [5.41, 5.74) is 1.39. The minimum atomic E-state index is -0.223. The van der Waals surface area contributed by atoms with Gasteiger partial charge < -0.3 is 19.5 Å². The topological polar surface area (TPSA) is 56.8 Å². The first-order chi connectivity index (χ1) is 9.58. The van der Waals surface area contributed by atoms with Crippen molar-refractivity contribution in [1.29, 1.82) is 0 Å². The number of benzene rings is 1. The number of carbonyl (C=O) groups excluding carboxylic acids is 1. The SMILES string of the molecule is C=C(C)COCCNC(=O)c1cc(OC)ccc1OC. The first-order valence-corrected chi connectivity index (χ1v) is 6.30. The second-order valence-electron chi connectivity index (χ2n) is 4.33. The molecule has 1 N–H and O–H groups in total. The Morgan fingerprint density at radius 3 is 2.65 bits per heavy atom. The zero-order valence-corrected chi connectivity index (χ0v) is 12.2. The Bertz CT molecular complexity index is 471. The van der Waals surface area contributed by atoms with Crippen molar-refractivity contribution in [3.8, 4) is 11.5 Å². The molecule has 0 atom stereocenters. The molecule has 0 unspecified atom stereocenters. The Balaban J connectivity index is 2.55. The van der Waals surface area contributed by atoms with Crippen LogP contribution in [0.2, 0.25) is 0 Å². The van der Waals surface area contributed by atoms with Gasteiger partial charge >= 0.3 is 0 Å². The summed E-state index contributed by atoms with van der Waals surface area (Å²) < 4.78 is 15.6. The number of ether oxygens (including phenoxy) is 3. The van der Waals surface area contributed by atoms with Crippen LogP contribution in [-0.2, 0) is 4.74 Å². The lowest BCUT2D eigenvalue weighted by Crippen LogP contribution is -2.27. The first kappa shape index (κ1) is 16.0. The molecular weight excluding hydrogens is 258 g/mol. The van der Waals surface area contributed by atoms with Crippen LogP contribution in [0.5, 0.6) is 11.5 Å². The number of carbonyl (C=O) groups is 1. The Kier molecular flexibility index (Phi) is 6.59. The molecule has 0 aromatic heterocycles. The van der Waals surface area contributed by atoms with Gasteiger partial charge in [0, 0.05) is 6.54 Å². The van der Waals surface area contributed by atoms with Gasteiger partial charge in [0.15, 0.2) is 0 Å². The number of rotatable bonds is 8. The van der Waals surface area contributed by atoms with Crippen molar-refractivity contribution in [3.63, 3.8) is 0 Å². The molecule has 20 heavy (non-hydrogen) atoms. The summed E-state index contributed by atoms with van der Waals surface area (Å²) in [5.74, 6) is 0.889. The monoisotopic (exact) mass is 279 g/mol. The van der Waals surface area contributed by atoms with Crippen molar-refractivity contribution in [2.24, 2.45) is 0 Å². The van der Waals surface area contributed by atoms with Crippen LogP contribution in [0.1, 0.15) is 17.3 Å². The summed E-state index contributed by atoms with van der Waals surface area (Å²) in [6, 6.07) is 5.08. The van der Waals surface area contributed by atoms with Crippen LogP contribution in [0.4, 0.5) is 0 Å². The van der Waals surface area contributed by atoms with Gasteiger partial charge in [0.1, 0.15) is 11.5 Å². The van der Waals surface area contributed by atoms with Crippen molar-refractivity contribution in [3.05, 3.63) is 35.9 Å². The third kappa shape index (κ3) is 4.93. The van der Waals surface area contributed by atoms with Gasteiger partial charge in [0.25, 0.3) is 5.91 Å². The summed E-state index contributed by atoms with van der Waals surface area (Å²) in [7, 11) is 3.07. The van der Waals surface area contributed by atoms with Crippen LogP contribution in [0, 0.1) is 0 Å². The standard InChI is InChI=1S/C15H21NO4/c1-11(2)10-20-8-7-16-15(17)13-9-12(18-3)5-6-14(13)19-4/h5-6,9H,1,7-8,10H2,2-4H3,(H,16,17). The van der Waals surface area contributed by atoms with Gasteiger partial charge in [-0.15, -0.1) is 0 Å². The van der Waals surface area contributed by atoms with E-state index in [0.717, 1.165) is 5.57 Å². The third-order valence-electron chi connectivity index (χ3n) is 2.53. The van der Waals surface area contributed by atoms with Gasteiger partial charge in [-0.1, -0.05) is 12.2 Å². The van der Waals surface area contributed by atoms with Gasteiger partial charge in [-0.05, 0) is 25.1 Å². The van der Waals surface area contributed by atoms with Crippen molar-refractivity contribution in [2.45, 2.75) is 6.92 Å². The molecule has 1 aromatic rings. The highest BCUT2D eigenvalue weighted by atomic mass is 16.5. The van der Waals surface area contributed by atoms with Crippen molar-refractivity contribution < 1.29 is 19.0 Å². The molecule has 0 aliphatic heterocycles. The number of amides is 1. The summed E-state index contributed by atoms with van der Waals surface area (Å²) in [5, 5.41) is 2.77. The van der Waals surface area contributed by atoms with Crippen molar-refractivity contribution in [1.82, 2.24) is 5.32 Å². The van der Waals surface area contributed by atoms with Crippen LogP contribution in [0.25, 0.3) is 0 Å². The van der Waals surface area contributed by atoms with Crippen molar-refractivity contribution in [2.75, 3.05) is 34.0 Å². The Morgan fingerprint density at radius 2 is 2.05 bits per heavy atom. The maximum absolute atomic E-state index is 12.1. The maximum Gasteiger partial charge on any atom is 0.255 e. The number of methoxy groups -OCH3 is 2. The minimum absolute atomic E-state index is 0.223. The molecule has 0 aliphatic carbocycles. The van der Waals surface area contributed by atoms with Gasteiger partial charge in [-0.3, -0.25) is 4.79 Å². The lowest BCUT2D eigenvalue weighted by molar-refractivity contribution is 0.0923. The van der Waals surface area contributed by atoms with E-state index in [0.29, 0.717) is 36.8 Å². The molecule has 0 saturated carbocycles. The van der Waals surface area contributed by atoms with E-state index in [9.17, 15) is 4.79 Å². The predicted molar refractivity (Wildman–Crippen MR) is 77.5 cm³/mol. The quantitative estimate of drug-likeness (QED) is 0.584. The van der Waals surface area contributed by atoms with Gasteiger partial charge in [0.2, 0.25) is 0 Å². The molecule has 0 spiro atoms. The van der Waals surface area contributed by atoms with E-state index in [4.69, 9.17) is 14.2 Å². The fraction of sp³-hybridized carbons (Fsp3) is 0.400. The van der Waals surface area contributed by atoms with Crippen LogP contribution in [0.3, 0.4) is 0 Å². The van der Waals surface area contributed by atoms with E-state index >= 15 is 0 Å².